The van der Waals surface area contributed by atoms with Gasteiger partial charge >= 0.3 is 0 Å². The highest BCUT2D eigenvalue weighted by atomic mass is 19.1. The number of carbonyl (C=O) groups is 2. The Hall–Kier alpha value is -4.67. The number of rotatable bonds is 6. The van der Waals surface area contributed by atoms with Gasteiger partial charge in [0.2, 0.25) is 17.8 Å². The van der Waals surface area contributed by atoms with Crippen LogP contribution in [0.5, 0.6) is 0 Å². The van der Waals surface area contributed by atoms with Crippen LogP contribution in [-0.2, 0) is 9.59 Å². The highest BCUT2D eigenvalue weighted by Crippen LogP contribution is 2.47. The van der Waals surface area contributed by atoms with Gasteiger partial charge in [-0.25, -0.2) is 13.8 Å². The number of amidine groups is 1. The number of anilines is 4. The first-order valence-corrected chi connectivity index (χ1v) is 12.2. The molecule has 9 nitrogen and oxygen atoms in total. The molecule has 3 heterocycles. The van der Waals surface area contributed by atoms with Crippen molar-refractivity contribution >= 4 is 52.4 Å². The van der Waals surface area contributed by atoms with E-state index in [1.165, 1.54) is 30.3 Å². The molecule has 6 rings (SSSR count). The van der Waals surface area contributed by atoms with Crippen LogP contribution in [0.2, 0.25) is 0 Å². The second-order valence-corrected chi connectivity index (χ2v) is 9.33. The van der Waals surface area contributed by atoms with Gasteiger partial charge < -0.3 is 20.9 Å². The van der Waals surface area contributed by atoms with E-state index in [9.17, 15) is 14.0 Å². The van der Waals surface area contributed by atoms with Crippen LogP contribution in [-0.4, -0.2) is 47.8 Å². The van der Waals surface area contributed by atoms with E-state index in [4.69, 9.17) is 0 Å². The van der Waals surface area contributed by atoms with E-state index in [1.807, 2.05) is 11.0 Å². The molecule has 2 amide bonds. The molecule has 11 heteroatoms. The molecule has 0 atom stereocenters. The van der Waals surface area contributed by atoms with Crippen molar-refractivity contribution in [3.8, 4) is 0 Å². The van der Waals surface area contributed by atoms with Crippen LogP contribution in [0, 0.1) is 17.0 Å². The molecule has 0 bridgehead atoms. The van der Waals surface area contributed by atoms with E-state index < -0.39 is 28.9 Å². The summed E-state index contributed by atoms with van der Waals surface area (Å²) in [5.74, 6) is -0.139. The third-order valence-corrected chi connectivity index (χ3v) is 6.90. The molecular formula is C27H23F2N7O2. The molecule has 0 unspecified atom stereocenters. The second kappa shape index (κ2) is 9.02. The Bertz CT molecular complexity index is 1530. The number of aliphatic imine (C=N–C) groups is 1. The Labute approximate surface area is 216 Å². The smallest absolute Gasteiger partial charge is 0.240 e. The topological polar surface area (TPSA) is 112 Å². The predicted octanol–water partition coefficient (Wildman–Crippen LogP) is 3.93. The number of halogens is 2. The van der Waals surface area contributed by atoms with Crippen molar-refractivity contribution in [2.24, 2.45) is 10.4 Å². The van der Waals surface area contributed by atoms with Crippen molar-refractivity contribution < 1.29 is 18.4 Å². The first-order chi connectivity index (χ1) is 18.4. The Morgan fingerprint density at radius 1 is 1.00 bits per heavy atom. The van der Waals surface area contributed by atoms with Crippen LogP contribution >= 0.6 is 0 Å². The Balaban J connectivity index is 1.22. The van der Waals surface area contributed by atoms with Crippen LogP contribution in [0.15, 0.2) is 53.7 Å². The summed E-state index contributed by atoms with van der Waals surface area (Å²) in [4.78, 5) is 41.1. The van der Waals surface area contributed by atoms with Gasteiger partial charge in [-0.1, -0.05) is 0 Å². The molecule has 2 aliphatic heterocycles. The Kier molecular flexibility index (Phi) is 5.63. The highest BCUT2D eigenvalue weighted by molar-refractivity contribution is 6.35. The molecule has 1 saturated carbocycles. The first kappa shape index (κ1) is 23.7. The fraction of sp³-hybridized carbons (Fsp3) is 0.222. The zero-order chi connectivity index (χ0) is 26.4. The average Bonchev–Trinajstić information content (AvgIpc) is 3.59. The van der Waals surface area contributed by atoms with E-state index >= 15 is 4.39 Å². The van der Waals surface area contributed by atoms with Crippen LogP contribution < -0.4 is 20.9 Å². The predicted molar refractivity (Wildman–Crippen MR) is 141 cm³/mol. The quantitative estimate of drug-likeness (QED) is 0.429. The minimum atomic E-state index is -1.25. The van der Waals surface area contributed by atoms with Gasteiger partial charge in [-0.05, 0) is 61.4 Å². The van der Waals surface area contributed by atoms with Crippen molar-refractivity contribution in [1.82, 2.24) is 9.97 Å². The minimum absolute atomic E-state index is 0.237. The van der Waals surface area contributed by atoms with E-state index in [2.05, 4.69) is 30.9 Å². The summed E-state index contributed by atoms with van der Waals surface area (Å²) >= 11 is 0. The lowest BCUT2D eigenvalue weighted by Gasteiger charge is -2.27. The summed E-state index contributed by atoms with van der Waals surface area (Å²) in [7, 11) is 1.74. The molecule has 0 radical (unpaired) electrons. The van der Waals surface area contributed by atoms with E-state index in [-0.39, 0.29) is 5.69 Å². The number of nitrogens with one attached hydrogen (secondary N) is 3. The maximum Gasteiger partial charge on any atom is 0.240 e. The summed E-state index contributed by atoms with van der Waals surface area (Å²) in [6.45, 7) is 1.18. The highest BCUT2D eigenvalue weighted by Gasteiger charge is 2.56. The Morgan fingerprint density at radius 2 is 1.71 bits per heavy atom. The van der Waals surface area contributed by atoms with Gasteiger partial charge in [-0.15, -0.1) is 0 Å². The van der Waals surface area contributed by atoms with Gasteiger partial charge in [0.1, 0.15) is 28.7 Å². The lowest BCUT2D eigenvalue weighted by atomic mass is 9.97. The number of aromatic nitrogens is 2. The van der Waals surface area contributed by atoms with Crippen LogP contribution in [0.25, 0.3) is 11.6 Å². The summed E-state index contributed by atoms with van der Waals surface area (Å²) in [6.07, 6.45) is 4.23. The van der Waals surface area contributed by atoms with Gasteiger partial charge in [0.15, 0.2) is 0 Å². The second-order valence-electron chi connectivity index (χ2n) is 9.33. The summed E-state index contributed by atoms with van der Waals surface area (Å²) in [5, 5.41) is 8.26. The molecule has 0 saturated heterocycles. The maximum atomic E-state index is 15.4. The lowest BCUT2D eigenvalue weighted by Crippen LogP contribution is -2.35. The summed E-state index contributed by atoms with van der Waals surface area (Å²) in [5.41, 5.74) is 1.06. The zero-order valence-electron chi connectivity index (χ0n) is 20.4. The number of hydrogen-bond acceptors (Lipinski definition) is 7. The van der Waals surface area contributed by atoms with Gasteiger partial charge in [-0.2, -0.15) is 4.98 Å². The largest absolute Gasteiger partial charge is 0.357 e. The van der Waals surface area contributed by atoms with Crippen molar-refractivity contribution in [2.45, 2.75) is 12.8 Å². The average molecular weight is 516 g/mol. The number of amides is 2. The Morgan fingerprint density at radius 3 is 2.39 bits per heavy atom. The monoisotopic (exact) mass is 515 g/mol. The molecule has 1 fully saturated rings. The third kappa shape index (κ3) is 4.05. The fourth-order valence-corrected chi connectivity index (χ4v) is 4.65. The van der Waals surface area contributed by atoms with Crippen LogP contribution in [0.3, 0.4) is 0 Å². The zero-order valence-corrected chi connectivity index (χ0v) is 20.4. The van der Waals surface area contributed by atoms with E-state index in [0.717, 1.165) is 5.56 Å². The van der Waals surface area contributed by atoms with Crippen molar-refractivity contribution in [2.75, 3.05) is 41.0 Å². The van der Waals surface area contributed by atoms with Crippen molar-refractivity contribution in [3.05, 3.63) is 71.4 Å². The van der Waals surface area contributed by atoms with Gasteiger partial charge in [0.05, 0.1) is 6.54 Å². The summed E-state index contributed by atoms with van der Waals surface area (Å²) in [6, 6.07) is 9.72. The van der Waals surface area contributed by atoms with E-state index in [0.29, 0.717) is 60.4 Å². The number of hydrogen-bond donors (Lipinski definition) is 3. The van der Waals surface area contributed by atoms with Crippen LogP contribution in [0.1, 0.15) is 24.0 Å². The maximum absolute atomic E-state index is 15.4. The molecule has 1 aliphatic carbocycles. The molecule has 3 aromatic rings. The molecular weight excluding hydrogens is 492 g/mol. The number of benzene rings is 2. The van der Waals surface area contributed by atoms with Crippen LogP contribution in [0.4, 0.5) is 31.9 Å². The molecule has 3 aliphatic rings. The molecule has 38 heavy (non-hydrogen) atoms. The van der Waals surface area contributed by atoms with E-state index in [1.54, 1.807) is 25.4 Å². The molecule has 3 N–H and O–H groups in total. The number of fused-ring (bicyclic) bond motifs is 3. The number of carbonyl (C=O) groups excluding carboxylic acids is 2. The van der Waals surface area contributed by atoms with Crippen molar-refractivity contribution in [3.63, 3.8) is 0 Å². The first-order valence-electron chi connectivity index (χ1n) is 12.2. The normalized spacial score (nSPS) is 16.6. The third-order valence-electron chi connectivity index (χ3n) is 6.90. The lowest BCUT2D eigenvalue weighted by molar-refractivity contribution is -0.131. The number of nitrogens with zero attached hydrogens (tertiary/aromatic N) is 4. The standard InChI is InChI=1S/C27H23F2N7O2/c1-30-26-32-14-15-12-20(23-31-10-11-36(23)22(15)35-26)19-7-6-18(13-21(19)29)34-25(38)27(8-9-27)24(37)33-17-4-2-16(28)3-5-17/h2-7,12-14H,8-11H2,1H3,(H,33,37)(H,34,38)(H,30,32,35). The fourth-order valence-electron chi connectivity index (χ4n) is 4.65. The van der Waals surface area contributed by atoms with Crippen molar-refractivity contribution in [1.29, 1.82) is 0 Å². The van der Waals surface area contributed by atoms with Gasteiger partial charge in [0.25, 0.3) is 0 Å². The molecule has 1 aromatic heterocycles. The molecule has 192 valence electrons. The van der Waals surface area contributed by atoms with Gasteiger partial charge in [0, 0.05) is 47.9 Å². The SMILES string of the molecule is CNc1ncc2c(n1)N1CCN=C1C(c1ccc(NC(=O)C3(C(=O)Nc4ccc(F)cc4)CC3)cc1F)=C2. The minimum Gasteiger partial charge on any atom is -0.357 e. The summed E-state index contributed by atoms with van der Waals surface area (Å²) < 4.78 is 28.6. The van der Waals surface area contributed by atoms with Gasteiger partial charge in [-0.3, -0.25) is 14.6 Å². The molecule has 0 spiro atoms. The molecule has 2 aromatic carbocycles.